The molecule has 2 heterocycles. The third-order valence-electron chi connectivity index (χ3n) is 4.08. The van der Waals surface area contributed by atoms with E-state index in [0.717, 1.165) is 31.7 Å². The molecule has 0 saturated carbocycles. The normalized spacial score (nSPS) is 15.2. The standard InChI is InChI=1S/C19H21N3O/c1-16-3-2-4-18(15-16)21-11-13-22(14-12-21)19(23)6-5-17-7-9-20-10-8-17/h2-10,15H,11-14H2,1H3/b6-5+. The maximum absolute atomic E-state index is 12.3. The molecule has 0 N–H and O–H groups in total. The molecule has 0 radical (unpaired) electrons. The molecule has 1 aliphatic rings. The third kappa shape index (κ3) is 3.97. The topological polar surface area (TPSA) is 36.4 Å². The molecule has 1 saturated heterocycles. The van der Waals surface area contributed by atoms with Crippen LogP contribution in [-0.4, -0.2) is 42.0 Å². The Bertz CT molecular complexity index is 689. The van der Waals surface area contributed by atoms with E-state index in [-0.39, 0.29) is 5.91 Å². The zero-order chi connectivity index (χ0) is 16.1. The molecule has 0 aliphatic carbocycles. The minimum absolute atomic E-state index is 0.0747. The maximum Gasteiger partial charge on any atom is 0.246 e. The van der Waals surface area contributed by atoms with Crippen LogP contribution in [0.3, 0.4) is 0 Å². The number of hydrogen-bond acceptors (Lipinski definition) is 3. The molecule has 2 aromatic rings. The Kier molecular flexibility index (Phi) is 4.71. The van der Waals surface area contributed by atoms with E-state index in [2.05, 4.69) is 41.1 Å². The van der Waals surface area contributed by atoms with Gasteiger partial charge in [-0.1, -0.05) is 12.1 Å². The molecule has 1 aromatic heterocycles. The molecule has 1 aromatic carbocycles. The van der Waals surface area contributed by atoms with Crippen molar-refractivity contribution in [3.63, 3.8) is 0 Å². The minimum Gasteiger partial charge on any atom is -0.368 e. The Hall–Kier alpha value is -2.62. The van der Waals surface area contributed by atoms with Gasteiger partial charge in [0.15, 0.2) is 0 Å². The van der Waals surface area contributed by atoms with Crippen molar-refractivity contribution in [3.05, 3.63) is 66.0 Å². The summed E-state index contributed by atoms with van der Waals surface area (Å²) in [6.07, 6.45) is 6.95. The van der Waals surface area contributed by atoms with Crippen LogP contribution in [0.5, 0.6) is 0 Å². The summed E-state index contributed by atoms with van der Waals surface area (Å²) >= 11 is 0. The summed E-state index contributed by atoms with van der Waals surface area (Å²) in [7, 11) is 0. The summed E-state index contributed by atoms with van der Waals surface area (Å²) in [5, 5.41) is 0. The van der Waals surface area contributed by atoms with Gasteiger partial charge in [0.2, 0.25) is 5.91 Å². The van der Waals surface area contributed by atoms with Crippen molar-refractivity contribution < 1.29 is 4.79 Å². The number of nitrogens with zero attached hydrogens (tertiary/aromatic N) is 3. The lowest BCUT2D eigenvalue weighted by molar-refractivity contribution is -0.126. The quantitative estimate of drug-likeness (QED) is 0.818. The number of aryl methyl sites for hydroxylation is 1. The molecule has 0 unspecified atom stereocenters. The number of pyridine rings is 1. The van der Waals surface area contributed by atoms with Gasteiger partial charge in [-0.25, -0.2) is 0 Å². The predicted octanol–water partition coefficient (Wildman–Crippen LogP) is 2.75. The number of hydrogen-bond donors (Lipinski definition) is 0. The van der Waals surface area contributed by atoms with E-state index in [9.17, 15) is 4.79 Å². The number of benzene rings is 1. The number of aromatic nitrogens is 1. The van der Waals surface area contributed by atoms with E-state index in [1.165, 1.54) is 11.3 Å². The molecule has 1 fully saturated rings. The van der Waals surface area contributed by atoms with Crippen LogP contribution < -0.4 is 4.90 Å². The van der Waals surface area contributed by atoms with Gasteiger partial charge in [0.05, 0.1) is 0 Å². The first kappa shape index (κ1) is 15.3. The molecule has 4 heteroatoms. The first-order chi connectivity index (χ1) is 11.2. The summed E-state index contributed by atoms with van der Waals surface area (Å²) in [5.74, 6) is 0.0747. The van der Waals surface area contributed by atoms with E-state index in [1.54, 1.807) is 18.5 Å². The second-order valence-electron chi connectivity index (χ2n) is 5.77. The zero-order valence-corrected chi connectivity index (χ0v) is 13.4. The Labute approximate surface area is 137 Å². The Morgan fingerprint density at radius 2 is 1.83 bits per heavy atom. The average molecular weight is 307 g/mol. The highest BCUT2D eigenvalue weighted by molar-refractivity contribution is 5.91. The summed E-state index contributed by atoms with van der Waals surface area (Å²) in [6.45, 7) is 5.37. The van der Waals surface area contributed by atoms with Crippen molar-refractivity contribution in [3.8, 4) is 0 Å². The summed E-state index contributed by atoms with van der Waals surface area (Å²) < 4.78 is 0. The molecule has 4 nitrogen and oxygen atoms in total. The molecule has 23 heavy (non-hydrogen) atoms. The second kappa shape index (κ2) is 7.09. The fourth-order valence-electron chi connectivity index (χ4n) is 2.76. The molecule has 0 bridgehead atoms. The van der Waals surface area contributed by atoms with E-state index < -0.39 is 0 Å². The zero-order valence-electron chi connectivity index (χ0n) is 13.4. The SMILES string of the molecule is Cc1cccc(N2CCN(C(=O)/C=C/c3ccncc3)CC2)c1. The van der Waals surface area contributed by atoms with Gasteiger partial charge in [-0.2, -0.15) is 0 Å². The first-order valence-corrected chi connectivity index (χ1v) is 7.91. The van der Waals surface area contributed by atoms with Gasteiger partial charge in [-0.05, 0) is 48.4 Å². The van der Waals surface area contributed by atoms with Crippen molar-refractivity contribution >= 4 is 17.7 Å². The van der Waals surface area contributed by atoms with Gasteiger partial charge in [-0.15, -0.1) is 0 Å². The number of carbonyl (C=O) groups excluding carboxylic acids is 1. The van der Waals surface area contributed by atoms with Crippen LogP contribution >= 0.6 is 0 Å². The Morgan fingerprint density at radius 1 is 1.09 bits per heavy atom. The molecular formula is C19H21N3O. The van der Waals surface area contributed by atoms with Gasteiger partial charge in [-0.3, -0.25) is 9.78 Å². The van der Waals surface area contributed by atoms with E-state index in [4.69, 9.17) is 0 Å². The number of rotatable bonds is 3. The van der Waals surface area contributed by atoms with Gasteiger partial charge in [0, 0.05) is 50.3 Å². The minimum atomic E-state index is 0.0747. The summed E-state index contributed by atoms with van der Waals surface area (Å²) in [5.41, 5.74) is 3.50. The molecular weight excluding hydrogens is 286 g/mol. The third-order valence-corrected chi connectivity index (χ3v) is 4.08. The van der Waals surface area contributed by atoms with E-state index >= 15 is 0 Å². The number of amides is 1. The Balaban J connectivity index is 1.56. The highest BCUT2D eigenvalue weighted by Crippen LogP contribution is 2.18. The lowest BCUT2D eigenvalue weighted by atomic mass is 10.2. The average Bonchev–Trinajstić information content (AvgIpc) is 2.61. The molecule has 1 amide bonds. The highest BCUT2D eigenvalue weighted by atomic mass is 16.2. The van der Waals surface area contributed by atoms with Crippen LogP contribution in [0.2, 0.25) is 0 Å². The van der Waals surface area contributed by atoms with Crippen molar-refractivity contribution in [2.75, 3.05) is 31.1 Å². The monoisotopic (exact) mass is 307 g/mol. The maximum atomic E-state index is 12.3. The molecule has 3 rings (SSSR count). The lowest BCUT2D eigenvalue weighted by Gasteiger charge is -2.35. The summed E-state index contributed by atoms with van der Waals surface area (Å²) in [4.78, 5) is 20.5. The molecule has 118 valence electrons. The van der Waals surface area contributed by atoms with Crippen LogP contribution in [0, 0.1) is 6.92 Å². The molecule has 0 atom stereocenters. The number of carbonyl (C=O) groups is 1. The van der Waals surface area contributed by atoms with Gasteiger partial charge < -0.3 is 9.80 Å². The van der Waals surface area contributed by atoms with Crippen LogP contribution in [0.1, 0.15) is 11.1 Å². The van der Waals surface area contributed by atoms with Crippen LogP contribution in [0.15, 0.2) is 54.9 Å². The van der Waals surface area contributed by atoms with Crippen LogP contribution in [0.4, 0.5) is 5.69 Å². The Morgan fingerprint density at radius 3 is 2.52 bits per heavy atom. The van der Waals surface area contributed by atoms with Gasteiger partial charge >= 0.3 is 0 Å². The lowest BCUT2D eigenvalue weighted by Crippen LogP contribution is -2.48. The smallest absolute Gasteiger partial charge is 0.246 e. The van der Waals surface area contributed by atoms with Crippen molar-refractivity contribution in [1.29, 1.82) is 0 Å². The van der Waals surface area contributed by atoms with Crippen molar-refractivity contribution in [2.45, 2.75) is 6.92 Å². The van der Waals surface area contributed by atoms with Gasteiger partial charge in [0.1, 0.15) is 0 Å². The highest BCUT2D eigenvalue weighted by Gasteiger charge is 2.19. The largest absolute Gasteiger partial charge is 0.368 e. The van der Waals surface area contributed by atoms with Gasteiger partial charge in [0.25, 0.3) is 0 Å². The van der Waals surface area contributed by atoms with E-state index in [0.29, 0.717) is 0 Å². The molecule has 0 spiro atoms. The fourth-order valence-corrected chi connectivity index (χ4v) is 2.76. The second-order valence-corrected chi connectivity index (χ2v) is 5.77. The first-order valence-electron chi connectivity index (χ1n) is 7.91. The van der Waals surface area contributed by atoms with Crippen LogP contribution in [0.25, 0.3) is 6.08 Å². The molecule has 1 aliphatic heterocycles. The van der Waals surface area contributed by atoms with E-state index in [1.807, 2.05) is 23.1 Å². The van der Waals surface area contributed by atoms with Crippen molar-refractivity contribution in [2.24, 2.45) is 0 Å². The predicted molar refractivity (Wildman–Crippen MR) is 93.2 cm³/mol. The summed E-state index contributed by atoms with van der Waals surface area (Å²) in [6, 6.07) is 12.3. The number of piperazine rings is 1. The fraction of sp³-hybridized carbons (Fsp3) is 0.263. The van der Waals surface area contributed by atoms with Crippen molar-refractivity contribution in [1.82, 2.24) is 9.88 Å². The number of anilines is 1. The van der Waals surface area contributed by atoms with Crippen LogP contribution in [-0.2, 0) is 4.79 Å².